The van der Waals surface area contributed by atoms with Gasteiger partial charge in [-0.05, 0) is 35.0 Å². The van der Waals surface area contributed by atoms with Crippen molar-refractivity contribution in [3.63, 3.8) is 0 Å². The molecule has 2 aromatic rings. The number of anilines is 2. The molecule has 8 heteroatoms. The molecule has 20 heavy (non-hydrogen) atoms. The highest BCUT2D eigenvalue weighted by atomic mass is 79.9. The molecular weight excluding hydrogens is 346 g/mol. The van der Waals surface area contributed by atoms with E-state index in [1.807, 2.05) is 0 Å². The largest absolute Gasteiger partial charge is 0.478 e. The van der Waals surface area contributed by atoms with Crippen LogP contribution in [0.15, 0.2) is 22.7 Å². The number of carboxylic acids is 1. The van der Waals surface area contributed by atoms with Crippen LogP contribution in [0, 0.1) is 6.92 Å². The zero-order chi connectivity index (χ0) is 14.9. The van der Waals surface area contributed by atoms with Gasteiger partial charge in [0, 0.05) is 4.47 Å². The molecule has 0 atom stereocenters. The number of aromatic nitrogens is 1. The Morgan fingerprint density at radius 2 is 2.15 bits per heavy atom. The van der Waals surface area contributed by atoms with E-state index < -0.39 is 11.9 Å². The van der Waals surface area contributed by atoms with Crippen molar-refractivity contribution in [3.05, 3.63) is 38.8 Å². The highest BCUT2D eigenvalue weighted by molar-refractivity contribution is 9.10. The van der Waals surface area contributed by atoms with Crippen molar-refractivity contribution in [2.75, 3.05) is 11.1 Å². The molecule has 1 aromatic carbocycles. The Bertz CT molecular complexity index is 699. The van der Waals surface area contributed by atoms with Gasteiger partial charge in [-0.15, -0.1) is 0 Å². The molecule has 1 aromatic heterocycles. The minimum atomic E-state index is -1.12. The topological polar surface area (TPSA) is 105 Å². The van der Waals surface area contributed by atoms with Gasteiger partial charge in [0.05, 0.1) is 16.9 Å². The van der Waals surface area contributed by atoms with Crippen LogP contribution in [0.1, 0.15) is 25.7 Å². The van der Waals surface area contributed by atoms with Crippen molar-refractivity contribution in [2.45, 2.75) is 6.92 Å². The number of nitrogen functional groups attached to an aromatic ring is 1. The summed E-state index contributed by atoms with van der Waals surface area (Å²) in [4.78, 5) is 27.6. The van der Waals surface area contributed by atoms with Gasteiger partial charge in [-0.1, -0.05) is 17.4 Å². The van der Waals surface area contributed by atoms with Crippen LogP contribution in [0.4, 0.5) is 10.8 Å². The molecule has 0 aliphatic rings. The molecule has 2 rings (SSSR count). The van der Waals surface area contributed by atoms with Crippen molar-refractivity contribution >= 4 is 50.0 Å². The number of amides is 1. The number of carbonyl (C=O) groups excluding carboxylic acids is 1. The van der Waals surface area contributed by atoms with E-state index in [2.05, 4.69) is 26.2 Å². The molecule has 1 amide bonds. The molecule has 0 unspecified atom stereocenters. The predicted molar refractivity (Wildman–Crippen MR) is 80.3 cm³/mol. The Morgan fingerprint density at radius 3 is 2.70 bits per heavy atom. The van der Waals surface area contributed by atoms with Crippen molar-refractivity contribution in [1.29, 1.82) is 0 Å². The Hall–Kier alpha value is -1.93. The first-order chi connectivity index (χ1) is 9.40. The zero-order valence-electron chi connectivity index (χ0n) is 10.3. The lowest BCUT2D eigenvalue weighted by atomic mass is 10.2. The second kappa shape index (κ2) is 5.59. The third kappa shape index (κ3) is 2.81. The van der Waals surface area contributed by atoms with Gasteiger partial charge in [0.1, 0.15) is 4.88 Å². The number of aryl methyl sites for hydroxylation is 1. The standard InChI is InChI=1S/C12H10BrN3O3S/c1-5-9(20-12(14)15-5)10(17)16-8-6(11(18)19)3-2-4-7(8)13/h2-4H,1H3,(H2,14,15)(H,16,17)(H,18,19). The number of benzene rings is 1. The van der Waals surface area contributed by atoms with Gasteiger partial charge < -0.3 is 16.2 Å². The number of carboxylic acid groups (broad SMARTS) is 1. The monoisotopic (exact) mass is 355 g/mol. The van der Waals surface area contributed by atoms with Gasteiger partial charge in [-0.2, -0.15) is 0 Å². The van der Waals surface area contributed by atoms with Crippen LogP contribution in [0.5, 0.6) is 0 Å². The SMILES string of the molecule is Cc1nc(N)sc1C(=O)Nc1c(Br)cccc1C(=O)O. The van der Waals surface area contributed by atoms with Crippen LogP contribution < -0.4 is 11.1 Å². The molecule has 104 valence electrons. The maximum absolute atomic E-state index is 12.2. The van der Waals surface area contributed by atoms with Crippen molar-refractivity contribution in [3.8, 4) is 0 Å². The Morgan fingerprint density at radius 1 is 1.45 bits per heavy atom. The molecule has 4 N–H and O–H groups in total. The Labute approximate surface area is 126 Å². The second-order valence-electron chi connectivity index (χ2n) is 3.89. The minimum Gasteiger partial charge on any atom is -0.478 e. The number of hydrogen-bond acceptors (Lipinski definition) is 5. The van der Waals surface area contributed by atoms with E-state index in [4.69, 9.17) is 10.8 Å². The number of nitrogens with one attached hydrogen (secondary N) is 1. The number of hydrogen-bond donors (Lipinski definition) is 3. The summed E-state index contributed by atoms with van der Waals surface area (Å²) in [6.45, 7) is 1.67. The lowest BCUT2D eigenvalue weighted by Gasteiger charge is -2.09. The molecule has 6 nitrogen and oxygen atoms in total. The van der Waals surface area contributed by atoms with E-state index in [0.717, 1.165) is 11.3 Å². The van der Waals surface area contributed by atoms with Crippen LogP contribution in [0.25, 0.3) is 0 Å². The van der Waals surface area contributed by atoms with E-state index >= 15 is 0 Å². The first kappa shape index (κ1) is 14.5. The number of aromatic carboxylic acids is 1. The van der Waals surface area contributed by atoms with Crippen molar-refractivity contribution in [1.82, 2.24) is 4.98 Å². The molecule has 0 aliphatic carbocycles. The van der Waals surface area contributed by atoms with Crippen molar-refractivity contribution in [2.24, 2.45) is 0 Å². The summed E-state index contributed by atoms with van der Waals surface area (Å²) in [6.07, 6.45) is 0. The third-order valence-corrected chi connectivity index (χ3v) is 4.15. The molecule has 0 aliphatic heterocycles. The maximum atomic E-state index is 12.2. The van der Waals surface area contributed by atoms with Crippen LogP contribution in [0.2, 0.25) is 0 Å². The van der Waals surface area contributed by atoms with Gasteiger partial charge in [-0.25, -0.2) is 9.78 Å². The summed E-state index contributed by atoms with van der Waals surface area (Å²) in [5.41, 5.74) is 6.26. The molecule has 0 spiro atoms. The lowest BCUT2D eigenvalue weighted by Crippen LogP contribution is -2.15. The highest BCUT2D eigenvalue weighted by Gasteiger charge is 2.19. The predicted octanol–water partition coefficient (Wildman–Crippen LogP) is 2.75. The molecule has 1 heterocycles. The lowest BCUT2D eigenvalue weighted by molar-refractivity contribution is 0.0698. The van der Waals surface area contributed by atoms with E-state index in [-0.39, 0.29) is 11.3 Å². The maximum Gasteiger partial charge on any atom is 0.337 e. The number of nitrogens with zero attached hydrogens (tertiary/aromatic N) is 1. The molecule has 0 bridgehead atoms. The number of para-hydroxylation sites is 1. The van der Waals surface area contributed by atoms with Gasteiger partial charge in [0.25, 0.3) is 5.91 Å². The van der Waals surface area contributed by atoms with Crippen molar-refractivity contribution < 1.29 is 14.7 Å². The number of rotatable bonds is 3. The molecule has 0 fully saturated rings. The summed E-state index contributed by atoms with van der Waals surface area (Å²) in [6, 6.07) is 4.64. The van der Waals surface area contributed by atoms with Crippen LogP contribution in [0.3, 0.4) is 0 Å². The molecular formula is C12H10BrN3O3S. The van der Waals surface area contributed by atoms with Crippen LogP contribution in [-0.2, 0) is 0 Å². The van der Waals surface area contributed by atoms with Gasteiger partial charge >= 0.3 is 5.97 Å². The molecule has 0 saturated carbocycles. The summed E-state index contributed by atoms with van der Waals surface area (Å²) >= 11 is 4.28. The zero-order valence-corrected chi connectivity index (χ0v) is 12.7. The summed E-state index contributed by atoms with van der Waals surface area (Å²) in [7, 11) is 0. The number of carbonyl (C=O) groups is 2. The average Bonchev–Trinajstić information content (AvgIpc) is 2.70. The number of halogens is 1. The fourth-order valence-electron chi connectivity index (χ4n) is 1.63. The van der Waals surface area contributed by atoms with E-state index in [1.165, 1.54) is 6.07 Å². The van der Waals surface area contributed by atoms with E-state index in [9.17, 15) is 9.59 Å². The first-order valence-electron chi connectivity index (χ1n) is 5.46. The summed E-state index contributed by atoms with van der Waals surface area (Å²) in [5.74, 6) is -1.56. The minimum absolute atomic E-state index is 0.00265. The second-order valence-corrected chi connectivity index (χ2v) is 5.77. The molecule has 0 radical (unpaired) electrons. The third-order valence-electron chi connectivity index (χ3n) is 2.50. The van der Waals surface area contributed by atoms with Gasteiger partial charge in [-0.3, -0.25) is 4.79 Å². The highest BCUT2D eigenvalue weighted by Crippen LogP contribution is 2.28. The Kier molecular flexibility index (Phi) is 4.05. The molecule has 0 saturated heterocycles. The normalized spacial score (nSPS) is 10.3. The van der Waals surface area contributed by atoms with Gasteiger partial charge in [0.15, 0.2) is 5.13 Å². The summed E-state index contributed by atoms with van der Waals surface area (Å²) in [5, 5.41) is 12.0. The smallest absolute Gasteiger partial charge is 0.337 e. The van der Waals surface area contributed by atoms with Crippen LogP contribution >= 0.6 is 27.3 Å². The fraction of sp³-hybridized carbons (Fsp3) is 0.0833. The number of thiazole rings is 1. The van der Waals surface area contributed by atoms with E-state index in [0.29, 0.717) is 20.2 Å². The number of nitrogens with two attached hydrogens (primary N) is 1. The first-order valence-corrected chi connectivity index (χ1v) is 7.07. The quantitative estimate of drug-likeness (QED) is 0.784. The van der Waals surface area contributed by atoms with Crippen LogP contribution in [-0.4, -0.2) is 22.0 Å². The average molecular weight is 356 g/mol. The Balaban J connectivity index is 2.37. The summed E-state index contributed by atoms with van der Waals surface area (Å²) < 4.78 is 0.487. The van der Waals surface area contributed by atoms with E-state index in [1.54, 1.807) is 19.1 Å². The van der Waals surface area contributed by atoms with Gasteiger partial charge in [0.2, 0.25) is 0 Å². The fourth-order valence-corrected chi connectivity index (χ4v) is 2.82.